The maximum atomic E-state index is 2.38. The van der Waals surface area contributed by atoms with Gasteiger partial charge in [-0.1, -0.05) is 53.7 Å². The maximum Gasteiger partial charge on any atom is -0.0129 e. The lowest BCUT2D eigenvalue weighted by Gasteiger charge is -2.28. The zero-order chi connectivity index (χ0) is 12.8. The van der Waals surface area contributed by atoms with E-state index in [0.717, 1.165) is 0 Å². The first kappa shape index (κ1) is 12.7. The van der Waals surface area contributed by atoms with Crippen LogP contribution in [0.25, 0.3) is 0 Å². The van der Waals surface area contributed by atoms with Gasteiger partial charge in [-0.25, -0.2) is 0 Å². The molecular weight excluding hydrogens is 204 g/mol. The van der Waals surface area contributed by atoms with Crippen LogP contribution in [0.5, 0.6) is 0 Å². The van der Waals surface area contributed by atoms with Crippen molar-refractivity contribution in [3.05, 3.63) is 34.4 Å². The van der Waals surface area contributed by atoms with E-state index in [1.165, 1.54) is 19.3 Å². The van der Waals surface area contributed by atoms with E-state index in [4.69, 9.17) is 0 Å². The number of fused-ring (bicyclic) bond motifs is 1. The Morgan fingerprint density at radius 2 is 1.06 bits per heavy atom. The van der Waals surface area contributed by atoms with Crippen molar-refractivity contribution < 1.29 is 0 Å². The molecule has 0 saturated heterocycles. The van der Waals surface area contributed by atoms with E-state index in [-0.39, 0.29) is 10.8 Å². The first-order valence-electron chi connectivity index (χ1n) is 6.87. The minimum absolute atomic E-state index is 0.283. The van der Waals surface area contributed by atoms with E-state index >= 15 is 0 Å². The van der Waals surface area contributed by atoms with Crippen molar-refractivity contribution in [1.29, 1.82) is 0 Å². The summed E-state index contributed by atoms with van der Waals surface area (Å²) in [6.45, 7) is 14.0. The van der Waals surface area contributed by atoms with Crippen molar-refractivity contribution in [1.82, 2.24) is 0 Å². The second kappa shape index (κ2) is 3.86. The second-order valence-corrected chi connectivity index (χ2v) is 7.47. The SMILES string of the molecule is CC(C)(C)c1ccc(C(C)(C)C)c2c1CCC2. The van der Waals surface area contributed by atoms with Gasteiger partial charge < -0.3 is 0 Å². The smallest absolute Gasteiger partial charge is 0.0129 e. The molecule has 0 radical (unpaired) electrons. The van der Waals surface area contributed by atoms with Gasteiger partial charge in [0.05, 0.1) is 0 Å². The third-order valence-electron chi connectivity index (χ3n) is 3.90. The number of hydrogen-bond acceptors (Lipinski definition) is 0. The normalized spacial score (nSPS) is 16.1. The van der Waals surface area contributed by atoms with Crippen molar-refractivity contribution in [2.75, 3.05) is 0 Å². The Bertz CT molecular complexity index is 384. The Kier molecular flexibility index (Phi) is 2.88. The van der Waals surface area contributed by atoms with E-state index in [1.807, 2.05) is 0 Å². The average Bonchev–Trinajstić information content (AvgIpc) is 2.60. The molecule has 0 spiro atoms. The standard InChI is InChI=1S/C17H26/c1-16(2,3)14-10-11-15(17(4,5)6)13-9-7-8-12(13)14/h10-11H,7-9H2,1-6H3. The predicted octanol–water partition coefficient (Wildman–Crippen LogP) is 4.77. The minimum atomic E-state index is 0.283. The van der Waals surface area contributed by atoms with Gasteiger partial charge in [0.15, 0.2) is 0 Å². The monoisotopic (exact) mass is 230 g/mol. The van der Waals surface area contributed by atoms with Gasteiger partial charge in [0, 0.05) is 0 Å². The molecule has 0 fully saturated rings. The summed E-state index contributed by atoms with van der Waals surface area (Å²) in [7, 11) is 0. The Labute approximate surface area is 106 Å². The van der Waals surface area contributed by atoms with E-state index in [1.54, 1.807) is 22.3 Å². The highest BCUT2D eigenvalue weighted by Gasteiger charge is 2.28. The highest BCUT2D eigenvalue weighted by Crippen LogP contribution is 2.38. The summed E-state index contributed by atoms with van der Waals surface area (Å²) in [6.07, 6.45) is 3.91. The van der Waals surface area contributed by atoms with Crippen LogP contribution in [0.4, 0.5) is 0 Å². The Balaban J connectivity index is 2.62. The molecule has 1 aromatic rings. The van der Waals surface area contributed by atoms with Crippen molar-refractivity contribution >= 4 is 0 Å². The van der Waals surface area contributed by atoms with E-state index in [2.05, 4.69) is 53.7 Å². The molecule has 1 aliphatic carbocycles. The van der Waals surface area contributed by atoms with Crippen LogP contribution >= 0.6 is 0 Å². The van der Waals surface area contributed by atoms with Gasteiger partial charge in [0.2, 0.25) is 0 Å². The van der Waals surface area contributed by atoms with Gasteiger partial charge in [0.1, 0.15) is 0 Å². The molecule has 0 atom stereocenters. The van der Waals surface area contributed by atoms with Crippen LogP contribution in [0.2, 0.25) is 0 Å². The van der Waals surface area contributed by atoms with Gasteiger partial charge in [-0.3, -0.25) is 0 Å². The summed E-state index contributed by atoms with van der Waals surface area (Å²) in [5.74, 6) is 0. The van der Waals surface area contributed by atoms with Crippen molar-refractivity contribution in [2.24, 2.45) is 0 Å². The molecule has 0 amide bonds. The molecular formula is C17H26. The van der Waals surface area contributed by atoms with Gasteiger partial charge >= 0.3 is 0 Å². The molecule has 0 bridgehead atoms. The van der Waals surface area contributed by atoms with Crippen LogP contribution in [0.3, 0.4) is 0 Å². The molecule has 0 saturated carbocycles. The fourth-order valence-corrected chi connectivity index (χ4v) is 3.11. The number of rotatable bonds is 0. The van der Waals surface area contributed by atoms with Crippen LogP contribution in [-0.4, -0.2) is 0 Å². The summed E-state index contributed by atoms with van der Waals surface area (Å²) in [6, 6.07) is 4.76. The molecule has 1 aliphatic rings. The van der Waals surface area contributed by atoms with Crippen molar-refractivity contribution in [2.45, 2.75) is 71.6 Å². The predicted molar refractivity (Wildman–Crippen MR) is 75.9 cm³/mol. The molecule has 0 nitrogen and oxygen atoms in total. The fourth-order valence-electron chi connectivity index (χ4n) is 3.11. The summed E-state index contributed by atoms with van der Waals surface area (Å²) < 4.78 is 0. The Morgan fingerprint density at radius 3 is 1.35 bits per heavy atom. The number of benzene rings is 1. The average molecular weight is 230 g/mol. The van der Waals surface area contributed by atoms with Crippen LogP contribution in [-0.2, 0) is 23.7 Å². The fraction of sp³-hybridized carbons (Fsp3) is 0.647. The Hall–Kier alpha value is -0.780. The molecule has 94 valence electrons. The van der Waals surface area contributed by atoms with Crippen molar-refractivity contribution in [3.63, 3.8) is 0 Å². The zero-order valence-electron chi connectivity index (χ0n) is 12.3. The van der Waals surface area contributed by atoms with Crippen LogP contribution in [0, 0.1) is 0 Å². The summed E-state index contributed by atoms with van der Waals surface area (Å²) in [4.78, 5) is 0. The van der Waals surface area contributed by atoms with Crippen LogP contribution in [0.15, 0.2) is 12.1 Å². The first-order chi connectivity index (χ1) is 7.71. The second-order valence-electron chi connectivity index (χ2n) is 7.47. The topological polar surface area (TPSA) is 0 Å². The van der Waals surface area contributed by atoms with Gasteiger partial charge in [0.25, 0.3) is 0 Å². The molecule has 17 heavy (non-hydrogen) atoms. The molecule has 0 aromatic heterocycles. The van der Waals surface area contributed by atoms with Gasteiger partial charge in [-0.2, -0.15) is 0 Å². The molecule has 0 heterocycles. The first-order valence-corrected chi connectivity index (χ1v) is 6.87. The summed E-state index contributed by atoms with van der Waals surface area (Å²) >= 11 is 0. The lowest BCUT2D eigenvalue weighted by atomic mass is 9.77. The summed E-state index contributed by atoms with van der Waals surface area (Å²) in [5, 5.41) is 0. The third-order valence-corrected chi connectivity index (χ3v) is 3.90. The lowest BCUT2D eigenvalue weighted by molar-refractivity contribution is 0.569. The summed E-state index contributed by atoms with van der Waals surface area (Å²) in [5.41, 5.74) is 7.02. The highest BCUT2D eigenvalue weighted by atomic mass is 14.3. The van der Waals surface area contributed by atoms with E-state index < -0.39 is 0 Å². The molecule has 0 N–H and O–H groups in total. The third kappa shape index (κ3) is 2.27. The number of hydrogen-bond donors (Lipinski definition) is 0. The minimum Gasteiger partial charge on any atom is -0.0579 e. The van der Waals surface area contributed by atoms with Crippen LogP contribution < -0.4 is 0 Å². The van der Waals surface area contributed by atoms with Crippen molar-refractivity contribution in [3.8, 4) is 0 Å². The molecule has 2 rings (SSSR count). The maximum absolute atomic E-state index is 2.38. The van der Waals surface area contributed by atoms with Gasteiger partial charge in [-0.15, -0.1) is 0 Å². The van der Waals surface area contributed by atoms with Gasteiger partial charge in [-0.05, 0) is 52.3 Å². The van der Waals surface area contributed by atoms with E-state index in [9.17, 15) is 0 Å². The van der Waals surface area contributed by atoms with Crippen LogP contribution in [0.1, 0.15) is 70.2 Å². The lowest BCUT2D eigenvalue weighted by Crippen LogP contribution is -2.19. The van der Waals surface area contributed by atoms with E-state index in [0.29, 0.717) is 0 Å². The highest BCUT2D eigenvalue weighted by molar-refractivity contribution is 5.48. The molecule has 0 unspecified atom stereocenters. The largest absolute Gasteiger partial charge is 0.0579 e. The quantitative estimate of drug-likeness (QED) is 0.602. The zero-order valence-corrected chi connectivity index (χ0v) is 12.3. The molecule has 1 aromatic carbocycles. The Morgan fingerprint density at radius 1 is 0.706 bits per heavy atom. The molecule has 0 aliphatic heterocycles. The molecule has 0 heteroatoms.